The number of nitrogens with one attached hydrogen (secondary N) is 1. The Kier molecular flexibility index (Phi) is 5.17. The van der Waals surface area contributed by atoms with Gasteiger partial charge in [0.15, 0.2) is 0 Å². The largest absolute Gasteiger partial charge is 0.323 e. The molecule has 1 atom stereocenters. The van der Waals surface area contributed by atoms with Crippen molar-refractivity contribution in [1.29, 1.82) is 0 Å². The summed E-state index contributed by atoms with van der Waals surface area (Å²) >= 11 is 23.7. The maximum Gasteiger partial charge on any atom is 0.262 e. The maximum absolute atomic E-state index is 12.6. The van der Waals surface area contributed by atoms with E-state index >= 15 is 0 Å². The summed E-state index contributed by atoms with van der Waals surface area (Å²) in [5.41, 5.74) is 0.526. The van der Waals surface area contributed by atoms with Crippen molar-refractivity contribution in [2.24, 2.45) is 0 Å². The summed E-state index contributed by atoms with van der Waals surface area (Å²) in [7, 11) is 0. The SMILES string of the molecule is CC(C(=O)Nc1ccc(Cl)cc1Cl)N1C(=O)c2cc(Cl)c(Cl)cc2C1=O. The molecule has 1 aliphatic rings. The van der Waals surface area contributed by atoms with Crippen LogP contribution < -0.4 is 5.32 Å². The molecule has 0 fully saturated rings. The molecule has 5 nitrogen and oxygen atoms in total. The van der Waals surface area contributed by atoms with E-state index in [-0.39, 0.29) is 26.2 Å². The number of amides is 3. The van der Waals surface area contributed by atoms with Crippen LogP contribution in [0, 0.1) is 0 Å². The summed E-state index contributed by atoms with van der Waals surface area (Å²) < 4.78 is 0. The minimum atomic E-state index is -1.08. The highest BCUT2D eigenvalue weighted by molar-refractivity contribution is 6.43. The van der Waals surface area contributed by atoms with Gasteiger partial charge >= 0.3 is 0 Å². The molecule has 134 valence electrons. The van der Waals surface area contributed by atoms with Gasteiger partial charge in [0.1, 0.15) is 6.04 Å². The monoisotopic (exact) mass is 430 g/mol. The summed E-state index contributed by atoms with van der Waals surface area (Å²) in [6, 6.07) is 6.11. The van der Waals surface area contributed by atoms with Crippen LogP contribution in [0.15, 0.2) is 30.3 Å². The molecule has 3 rings (SSSR count). The third-order valence-electron chi connectivity index (χ3n) is 3.91. The number of nitrogens with zero attached hydrogens (tertiary/aromatic N) is 1. The number of fused-ring (bicyclic) bond motifs is 1. The molecule has 0 saturated carbocycles. The normalized spacial score (nSPS) is 14.4. The molecule has 1 heterocycles. The van der Waals surface area contributed by atoms with E-state index in [9.17, 15) is 14.4 Å². The van der Waals surface area contributed by atoms with Crippen LogP contribution in [0.5, 0.6) is 0 Å². The van der Waals surface area contributed by atoms with E-state index in [1.54, 1.807) is 6.07 Å². The Morgan fingerprint density at radius 1 is 0.923 bits per heavy atom. The van der Waals surface area contributed by atoms with Crippen LogP contribution in [-0.2, 0) is 4.79 Å². The Morgan fingerprint density at radius 2 is 1.46 bits per heavy atom. The van der Waals surface area contributed by atoms with Gasteiger partial charge in [-0.25, -0.2) is 0 Å². The van der Waals surface area contributed by atoms with Crippen LogP contribution in [-0.4, -0.2) is 28.7 Å². The van der Waals surface area contributed by atoms with E-state index in [1.807, 2.05) is 0 Å². The predicted octanol–water partition coefficient (Wildman–Crippen LogP) is 4.92. The first-order valence-corrected chi connectivity index (χ1v) is 8.84. The van der Waals surface area contributed by atoms with Crippen LogP contribution in [0.2, 0.25) is 20.1 Å². The van der Waals surface area contributed by atoms with Gasteiger partial charge in [0.05, 0.1) is 31.9 Å². The molecular weight excluding hydrogens is 422 g/mol. The lowest BCUT2D eigenvalue weighted by Crippen LogP contribution is -2.45. The van der Waals surface area contributed by atoms with Gasteiger partial charge in [0.25, 0.3) is 11.8 Å². The smallest absolute Gasteiger partial charge is 0.262 e. The van der Waals surface area contributed by atoms with Crippen molar-refractivity contribution in [1.82, 2.24) is 4.90 Å². The first-order valence-electron chi connectivity index (χ1n) is 7.33. The number of anilines is 1. The minimum absolute atomic E-state index is 0.105. The first kappa shape index (κ1) is 19.0. The Balaban J connectivity index is 1.86. The van der Waals surface area contributed by atoms with Gasteiger partial charge in [0.2, 0.25) is 5.91 Å². The number of carbonyl (C=O) groups excluding carboxylic acids is 3. The van der Waals surface area contributed by atoms with Crippen molar-refractivity contribution >= 4 is 69.8 Å². The number of hydrogen-bond acceptors (Lipinski definition) is 3. The zero-order valence-electron chi connectivity index (χ0n) is 13.1. The third kappa shape index (κ3) is 3.28. The molecule has 2 aromatic carbocycles. The fraction of sp³-hybridized carbons (Fsp3) is 0.118. The highest BCUT2D eigenvalue weighted by Crippen LogP contribution is 2.33. The van der Waals surface area contributed by atoms with Gasteiger partial charge in [-0.1, -0.05) is 46.4 Å². The van der Waals surface area contributed by atoms with Gasteiger partial charge in [0, 0.05) is 5.02 Å². The highest BCUT2D eigenvalue weighted by Gasteiger charge is 2.41. The topological polar surface area (TPSA) is 66.5 Å². The molecular formula is C17H10Cl4N2O3. The van der Waals surface area contributed by atoms with E-state index in [4.69, 9.17) is 46.4 Å². The van der Waals surface area contributed by atoms with Crippen LogP contribution in [0.1, 0.15) is 27.6 Å². The number of halogens is 4. The predicted molar refractivity (Wildman–Crippen MR) is 102 cm³/mol. The Bertz CT molecular complexity index is 920. The van der Waals surface area contributed by atoms with Gasteiger partial charge in [-0.05, 0) is 37.3 Å². The molecule has 0 spiro atoms. The van der Waals surface area contributed by atoms with Crippen molar-refractivity contribution in [3.8, 4) is 0 Å². The molecule has 26 heavy (non-hydrogen) atoms. The second-order valence-corrected chi connectivity index (χ2v) is 7.24. The first-order chi connectivity index (χ1) is 12.2. The molecule has 2 aromatic rings. The minimum Gasteiger partial charge on any atom is -0.323 e. The van der Waals surface area contributed by atoms with Crippen molar-refractivity contribution in [3.05, 3.63) is 61.5 Å². The summed E-state index contributed by atoms with van der Waals surface area (Å²) in [6.45, 7) is 1.43. The molecule has 0 radical (unpaired) electrons. The Hall–Kier alpha value is -1.79. The van der Waals surface area contributed by atoms with Crippen LogP contribution in [0.3, 0.4) is 0 Å². The van der Waals surface area contributed by atoms with E-state index in [2.05, 4.69) is 5.32 Å². The number of imide groups is 1. The summed E-state index contributed by atoms with van der Waals surface area (Å²) in [5, 5.41) is 3.53. The van der Waals surface area contributed by atoms with Crippen LogP contribution in [0.25, 0.3) is 0 Å². The fourth-order valence-electron chi connectivity index (χ4n) is 2.55. The average molecular weight is 432 g/mol. The van der Waals surface area contributed by atoms with E-state index < -0.39 is 23.8 Å². The van der Waals surface area contributed by atoms with E-state index in [1.165, 1.54) is 31.2 Å². The lowest BCUT2D eigenvalue weighted by atomic mass is 10.1. The average Bonchev–Trinajstić information content (AvgIpc) is 2.81. The lowest BCUT2D eigenvalue weighted by Gasteiger charge is -2.22. The molecule has 1 unspecified atom stereocenters. The number of rotatable bonds is 3. The molecule has 3 amide bonds. The molecule has 1 N–H and O–H groups in total. The second-order valence-electron chi connectivity index (χ2n) is 5.58. The van der Waals surface area contributed by atoms with E-state index in [0.29, 0.717) is 10.7 Å². The Morgan fingerprint density at radius 3 is 1.96 bits per heavy atom. The van der Waals surface area contributed by atoms with Crippen molar-refractivity contribution in [2.75, 3.05) is 5.32 Å². The van der Waals surface area contributed by atoms with Crippen molar-refractivity contribution < 1.29 is 14.4 Å². The highest BCUT2D eigenvalue weighted by atomic mass is 35.5. The molecule has 1 aliphatic heterocycles. The maximum atomic E-state index is 12.6. The van der Waals surface area contributed by atoms with Crippen molar-refractivity contribution in [3.63, 3.8) is 0 Å². The molecule has 0 bridgehead atoms. The summed E-state index contributed by atoms with van der Waals surface area (Å²) in [6.07, 6.45) is 0. The Labute approximate surface area is 168 Å². The van der Waals surface area contributed by atoms with Gasteiger partial charge in [-0.15, -0.1) is 0 Å². The molecule has 0 aliphatic carbocycles. The summed E-state index contributed by atoms with van der Waals surface area (Å²) in [4.78, 5) is 38.5. The fourth-order valence-corrected chi connectivity index (χ4v) is 3.33. The zero-order valence-corrected chi connectivity index (χ0v) is 16.2. The van der Waals surface area contributed by atoms with Crippen molar-refractivity contribution in [2.45, 2.75) is 13.0 Å². The number of hydrogen-bond donors (Lipinski definition) is 1. The van der Waals surface area contributed by atoms with Crippen LogP contribution >= 0.6 is 46.4 Å². The standard InChI is InChI=1S/C17H10Cl4N2O3/c1-7(15(24)22-14-3-2-8(18)4-13(14)21)23-16(25)9-5-11(19)12(20)6-10(9)17(23)26/h2-7H,1H3,(H,22,24). The van der Waals surface area contributed by atoms with Crippen LogP contribution in [0.4, 0.5) is 5.69 Å². The quantitative estimate of drug-likeness (QED) is 0.701. The van der Waals surface area contributed by atoms with Gasteiger partial charge in [-0.2, -0.15) is 0 Å². The van der Waals surface area contributed by atoms with Gasteiger partial charge in [-0.3, -0.25) is 19.3 Å². The van der Waals surface area contributed by atoms with Gasteiger partial charge < -0.3 is 5.32 Å². The molecule has 0 saturated heterocycles. The second kappa shape index (κ2) is 7.08. The molecule has 9 heteroatoms. The number of benzene rings is 2. The lowest BCUT2D eigenvalue weighted by molar-refractivity contribution is -0.119. The number of carbonyl (C=O) groups is 3. The summed E-state index contributed by atoms with van der Waals surface area (Å²) in [5.74, 6) is -1.82. The molecule has 0 aromatic heterocycles. The third-order valence-corrected chi connectivity index (χ3v) is 5.18. The zero-order chi connectivity index (χ0) is 19.2. The van der Waals surface area contributed by atoms with E-state index in [0.717, 1.165) is 4.90 Å².